The van der Waals surface area contributed by atoms with Crippen LogP contribution in [0.25, 0.3) is 0 Å². The molecule has 1 atom stereocenters. The van der Waals surface area contributed by atoms with Crippen molar-refractivity contribution in [2.75, 3.05) is 23.7 Å². The molecule has 0 unspecified atom stereocenters. The molecule has 2 N–H and O–H groups in total. The summed E-state index contributed by atoms with van der Waals surface area (Å²) in [5.41, 5.74) is 1.05. The number of nitrogens with zero attached hydrogens (tertiary/aromatic N) is 2. The lowest BCUT2D eigenvalue weighted by Gasteiger charge is -2.34. The highest BCUT2D eigenvalue weighted by atomic mass is 35.5. The van der Waals surface area contributed by atoms with Crippen LogP contribution in [0, 0.1) is 5.82 Å². The molecule has 1 aliphatic heterocycles. The first kappa shape index (κ1) is 19.0. The van der Waals surface area contributed by atoms with Gasteiger partial charge in [0, 0.05) is 37.2 Å². The number of piperidine rings is 1. The number of anilines is 2. The Morgan fingerprint density at radius 1 is 1.19 bits per heavy atom. The molecule has 138 valence electrons. The molecule has 0 radical (unpaired) electrons. The summed E-state index contributed by atoms with van der Waals surface area (Å²) in [6, 6.07) is 3.79. The molecule has 26 heavy (non-hydrogen) atoms. The van der Waals surface area contributed by atoms with E-state index in [1.165, 1.54) is 30.6 Å². The van der Waals surface area contributed by atoms with Gasteiger partial charge in [0.05, 0.1) is 20.8 Å². The van der Waals surface area contributed by atoms with Crippen LogP contribution >= 0.6 is 34.8 Å². The maximum Gasteiger partial charge on any atom is 0.321 e. The van der Waals surface area contributed by atoms with Crippen molar-refractivity contribution in [3.05, 3.63) is 51.5 Å². The Bertz CT molecular complexity index is 800. The average Bonchev–Trinajstić information content (AvgIpc) is 2.62. The zero-order valence-corrected chi connectivity index (χ0v) is 15.9. The molecule has 1 aliphatic rings. The second-order valence-electron chi connectivity index (χ2n) is 5.97. The van der Waals surface area contributed by atoms with Gasteiger partial charge >= 0.3 is 6.03 Å². The fourth-order valence-electron chi connectivity index (χ4n) is 2.81. The number of pyridine rings is 1. The summed E-state index contributed by atoms with van der Waals surface area (Å²) in [6.07, 6.45) is 4.74. The van der Waals surface area contributed by atoms with Gasteiger partial charge in [-0.15, -0.1) is 0 Å². The number of aromatic nitrogens is 1. The van der Waals surface area contributed by atoms with Crippen molar-refractivity contribution in [3.63, 3.8) is 0 Å². The number of rotatable bonds is 3. The SMILES string of the molecule is O=C(Nc1ccc(F)c(Cl)c1)N1CCC[C@@H](Nc2c(Cl)cncc2Cl)C1. The zero-order chi connectivity index (χ0) is 18.7. The molecule has 0 saturated carbocycles. The molecule has 2 heterocycles. The predicted molar refractivity (Wildman–Crippen MR) is 103 cm³/mol. The van der Waals surface area contributed by atoms with Crippen molar-refractivity contribution in [2.24, 2.45) is 0 Å². The Kier molecular flexibility index (Phi) is 6.06. The van der Waals surface area contributed by atoms with Crippen LogP contribution in [-0.4, -0.2) is 35.0 Å². The Labute approximate surface area is 165 Å². The van der Waals surface area contributed by atoms with Gasteiger partial charge in [-0.3, -0.25) is 4.98 Å². The van der Waals surface area contributed by atoms with Crippen LogP contribution in [0.1, 0.15) is 12.8 Å². The third-order valence-corrected chi connectivity index (χ3v) is 4.94. The van der Waals surface area contributed by atoms with Gasteiger partial charge in [-0.1, -0.05) is 34.8 Å². The largest absolute Gasteiger partial charge is 0.378 e. The number of carbonyl (C=O) groups excluding carboxylic acids is 1. The van der Waals surface area contributed by atoms with Crippen LogP contribution in [0.3, 0.4) is 0 Å². The van der Waals surface area contributed by atoms with Gasteiger partial charge in [0.25, 0.3) is 0 Å². The van der Waals surface area contributed by atoms with Crippen LogP contribution in [0.2, 0.25) is 15.1 Å². The van der Waals surface area contributed by atoms with Crippen LogP contribution in [0.5, 0.6) is 0 Å². The number of benzene rings is 1. The number of hydrogen-bond donors (Lipinski definition) is 2. The number of carbonyl (C=O) groups is 1. The fourth-order valence-corrected chi connectivity index (χ4v) is 3.46. The third kappa shape index (κ3) is 4.50. The molecule has 0 aliphatic carbocycles. The van der Waals surface area contributed by atoms with Crippen molar-refractivity contribution in [1.29, 1.82) is 0 Å². The molecule has 3 rings (SSSR count). The highest BCUT2D eigenvalue weighted by molar-refractivity contribution is 6.38. The Balaban J connectivity index is 1.64. The van der Waals surface area contributed by atoms with Gasteiger partial charge in [0.2, 0.25) is 0 Å². The molecule has 1 aromatic heterocycles. The Hall–Kier alpha value is -1.76. The van der Waals surface area contributed by atoms with E-state index >= 15 is 0 Å². The fraction of sp³-hybridized carbons (Fsp3) is 0.294. The lowest BCUT2D eigenvalue weighted by Crippen LogP contribution is -2.46. The quantitative estimate of drug-likeness (QED) is 0.713. The van der Waals surface area contributed by atoms with Crippen molar-refractivity contribution in [3.8, 4) is 0 Å². The summed E-state index contributed by atoms with van der Waals surface area (Å²) in [5, 5.41) is 6.84. The van der Waals surface area contributed by atoms with Crippen molar-refractivity contribution in [2.45, 2.75) is 18.9 Å². The van der Waals surface area contributed by atoms with Crippen LogP contribution in [-0.2, 0) is 0 Å². The molecule has 0 bridgehead atoms. The van der Waals surface area contributed by atoms with Gasteiger partial charge in [0.15, 0.2) is 0 Å². The Morgan fingerprint density at radius 2 is 1.92 bits per heavy atom. The Morgan fingerprint density at radius 3 is 2.62 bits per heavy atom. The maximum atomic E-state index is 13.2. The van der Waals surface area contributed by atoms with Gasteiger partial charge in [0.1, 0.15) is 5.82 Å². The molecule has 1 saturated heterocycles. The zero-order valence-electron chi connectivity index (χ0n) is 13.6. The topological polar surface area (TPSA) is 57.3 Å². The molecular formula is C17H16Cl3FN4O. The van der Waals surface area contributed by atoms with Crippen molar-refractivity contribution in [1.82, 2.24) is 9.88 Å². The third-order valence-electron chi connectivity index (χ3n) is 4.08. The molecule has 0 spiro atoms. The number of hydrogen-bond acceptors (Lipinski definition) is 3. The van der Waals surface area contributed by atoms with Crippen LogP contribution < -0.4 is 10.6 Å². The first-order chi connectivity index (χ1) is 12.4. The number of nitrogens with one attached hydrogen (secondary N) is 2. The molecule has 1 fully saturated rings. The van der Waals surface area contributed by atoms with E-state index in [9.17, 15) is 9.18 Å². The number of halogens is 4. The minimum absolute atomic E-state index is 0.00343. The molecule has 1 aromatic carbocycles. The smallest absolute Gasteiger partial charge is 0.321 e. The summed E-state index contributed by atoms with van der Waals surface area (Å²) < 4.78 is 13.2. The summed E-state index contributed by atoms with van der Waals surface area (Å²) in [5.74, 6) is -0.530. The van der Waals surface area contributed by atoms with Crippen molar-refractivity contribution < 1.29 is 9.18 Å². The molecule has 2 amide bonds. The summed E-state index contributed by atoms with van der Waals surface area (Å²) in [7, 11) is 0. The van der Waals surface area contributed by atoms with Crippen LogP contribution in [0.4, 0.5) is 20.6 Å². The van der Waals surface area contributed by atoms with Gasteiger partial charge in [-0.2, -0.15) is 0 Å². The lowest BCUT2D eigenvalue weighted by atomic mass is 10.1. The van der Waals surface area contributed by atoms with E-state index in [0.29, 0.717) is 34.5 Å². The minimum atomic E-state index is -0.530. The first-order valence-electron chi connectivity index (χ1n) is 8.00. The number of amides is 2. The van der Waals surface area contributed by atoms with Crippen LogP contribution in [0.15, 0.2) is 30.6 Å². The molecule has 5 nitrogen and oxygen atoms in total. The van der Waals surface area contributed by atoms with E-state index in [4.69, 9.17) is 34.8 Å². The highest BCUT2D eigenvalue weighted by Crippen LogP contribution is 2.30. The van der Waals surface area contributed by atoms with E-state index in [-0.39, 0.29) is 17.1 Å². The minimum Gasteiger partial charge on any atom is -0.378 e. The second kappa shape index (κ2) is 8.29. The van der Waals surface area contributed by atoms with Gasteiger partial charge in [-0.05, 0) is 31.0 Å². The maximum absolute atomic E-state index is 13.2. The first-order valence-corrected chi connectivity index (χ1v) is 9.14. The monoisotopic (exact) mass is 416 g/mol. The second-order valence-corrected chi connectivity index (χ2v) is 7.19. The molecule has 9 heteroatoms. The number of urea groups is 1. The van der Waals surface area contributed by atoms with Gasteiger partial charge in [-0.25, -0.2) is 9.18 Å². The van der Waals surface area contributed by atoms with E-state index < -0.39 is 5.82 Å². The van der Waals surface area contributed by atoms with Gasteiger partial charge < -0.3 is 15.5 Å². The lowest BCUT2D eigenvalue weighted by molar-refractivity contribution is 0.196. The normalized spacial score (nSPS) is 17.1. The van der Waals surface area contributed by atoms with Crippen molar-refractivity contribution >= 4 is 52.2 Å². The average molecular weight is 418 g/mol. The standard InChI is InChI=1S/C17H16Cl3FN4O/c18-12-6-10(3-4-15(12)21)24-17(26)25-5-1-2-11(9-25)23-16-13(19)7-22-8-14(16)20/h3-4,6-8,11H,1-2,5,9H2,(H,22,23)(H,24,26)/t11-/m1/s1. The van der Waals surface area contributed by atoms with E-state index in [1.54, 1.807) is 4.90 Å². The molecular weight excluding hydrogens is 402 g/mol. The summed E-state index contributed by atoms with van der Waals surface area (Å²) in [6.45, 7) is 1.10. The van der Waals surface area contributed by atoms with E-state index in [0.717, 1.165) is 12.8 Å². The number of likely N-dealkylation sites (tertiary alicyclic amines) is 1. The highest BCUT2D eigenvalue weighted by Gasteiger charge is 2.25. The van der Waals surface area contributed by atoms with E-state index in [1.807, 2.05) is 0 Å². The molecule has 2 aromatic rings. The summed E-state index contributed by atoms with van der Waals surface area (Å²) >= 11 is 18.0. The predicted octanol–water partition coefficient (Wildman–Crippen LogP) is 5.29. The van der Waals surface area contributed by atoms with E-state index in [2.05, 4.69) is 15.6 Å². The summed E-state index contributed by atoms with van der Waals surface area (Å²) in [4.78, 5) is 18.1.